The van der Waals surface area contributed by atoms with Crippen LogP contribution in [0.1, 0.15) is 51.3 Å². The fraction of sp³-hybridized carbons (Fsp3) is 0.310. The highest BCUT2D eigenvalue weighted by Gasteiger charge is 2.26. The van der Waals surface area contributed by atoms with Gasteiger partial charge in [-0.1, -0.05) is 42.3 Å². The predicted molar refractivity (Wildman–Crippen MR) is 130 cm³/mol. The monoisotopic (exact) mass is 428 g/mol. The van der Waals surface area contributed by atoms with Gasteiger partial charge in [0.05, 0.1) is 5.41 Å². The highest BCUT2D eigenvalue weighted by molar-refractivity contribution is 5.39. The van der Waals surface area contributed by atoms with E-state index in [2.05, 4.69) is 43.0 Å². The second-order valence-corrected chi connectivity index (χ2v) is 9.22. The summed E-state index contributed by atoms with van der Waals surface area (Å²) in [5.41, 5.74) is 2.78. The van der Waals surface area contributed by atoms with E-state index in [1.807, 2.05) is 64.1 Å². The Kier molecular flexibility index (Phi) is 7.15. The van der Waals surface area contributed by atoms with Crippen molar-refractivity contribution in [1.82, 2.24) is 0 Å². The molecule has 0 aliphatic rings. The molecule has 3 aromatic carbocycles. The third-order valence-corrected chi connectivity index (χ3v) is 5.11. The molecule has 3 nitrogen and oxygen atoms in total. The smallest absolute Gasteiger partial charge is 0.120 e. The second kappa shape index (κ2) is 9.83. The maximum absolute atomic E-state index is 9.43. The first-order valence-corrected chi connectivity index (χ1v) is 10.9. The van der Waals surface area contributed by atoms with E-state index in [0.717, 1.165) is 29.0 Å². The van der Waals surface area contributed by atoms with Gasteiger partial charge in [0, 0.05) is 0 Å². The number of hydrogen-bond acceptors (Lipinski definition) is 3. The molecular weight excluding hydrogens is 396 g/mol. The number of hydrogen-bond donors (Lipinski definition) is 1. The Balaban J connectivity index is 1.66. The first-order valence-electron chi connectivity index (χ1n) is 10.9. The average molecular weight is 429 g/mol. The number of ether oxygens (including phenoxy) is 2. The lowest BCUT2D eigenvalue weighted by Crippen LogP contribution is -2.28. The zero-order valence-corrected chi connectivity index (χ0v) is 19.6. The second-order valence-electron chi connectivity index (χ2n) is 9.22. The van der Waals surface area contributed by atoms with Gasteiger partial charge in [0.15, 0.2) is 0 Å². The first-order chi connectivity index (χ1) is 15.2. The van der Waals surface area contributed by atoms with Gasteiger partial charge in [0.2, 0.25) is 0 Å². The lowest BCUT2D eigenvalue weighted by molar-refractivity contribution is 0.131. The van der Waals surface area contributed by atoms with E-state index >= 15 is 0 Å². The van der Waals surface area contributed by atoms with Crippen LogP contribution < -0.4 is 9.47 Å². The van der Waals surface area contributed by atoms with E-state index in [1.54, 1.807) is 12.1 Å². The molecule has 0 saturated heterocycles. The van der Waals surface area contributed by atoms with Gasteiger partial charge >= 0.3 is 0 Å². The third kappa shape index (κ3) is 6.56. The maximum Gasteiger partial charge on any atom is 0.120 e. The van der Waals surface area contributed by atoms with E-state index < -0.39 is 5.41 Å². The maximum atomic E-state index is 9.43. The minimum absolute atomic E-state index is 0.231. The molecule has 0 aliphatic carbocycles. The van der Waals surface area contributed by atoms with Gasteiger partial charge in [0.25, 0.3) is 0 Å². The molecule has 3 rings (SSSR count). The van der Waals surface area contributed by atoms with Crippen molar-refractivity contribution < 1.29 is 14.6 Å². The van der Waals surface area contributed by atoms with Gasteiger partial charge in [-0.3, -0.25) is 0 Å². The first kappa shape index (κ1) is 23.3. The van der Waals surface area contributed by atoms with Crippen molar-refractivity contribution in [2.45, 2.75) is 52.1 Å². The standard InChI is InChI=1S/C29H32O3/c1-6-19-29(5,24-11-17-27(18-12-24)32-28(2,3)4)21-31-26-15-9-23(10-16-26)20-22-7-13-25(30)14-8-22/h7-18,30H,20-21H2,1-5H3. The molecule has 0 spiro atoms. The molecule has 1 atom stereocenters. The minimum atomic E-state index is -0.431. The van der Waals surface area contributed by atoms with Crippen LogP contribution in [0.2, 0.25) is 0 Å². The largest absolute Gasteiger partial charge is 0.508 e. The van der Waals surface area contributed by atoms with Crippen molar-refractivity contribution in [3.63, 3.8) is 0 Å². The molecule has 0 radical (unpaired) electrons. The summed E-state index contributed by atoms with van der Waals surface area (Å²) in [6.45, 7) is 10.5. The molecule has 1 unspecified atom stereocenters. The number of phenols is 1. The molecule has 1 N–H and O–H groups in total. The van der Waals surface area contributed by atoms with E-state index in [4.69, 9.17) is 9.47 Å². The van der Waals surface area contributed by atoms with Gasteiger partial charge in [0.1, 0.15) is 29.5 Å². The van der Waals surface area contributed by atoms with Crippen molar-refractivity contribution in [3.8, 4) is 29.1 Å². The van der Waals surface area contributed by atoms with Crippen molar-refractivity contribution in [2.75, 3.05) is 6.61 Å². The summed E-state index contributed by atoms with van der Waals surface area (Å²) in [7, 11) is 0. The molecule has 0 heterocycles. The number of phenolic OH excluding ortho intramolecular Hbond substituents is 1. The average Bonchev–Trinajstić information content (AvgIpc) is 2.74. The highest BCUT2D eigenvalue weighted by atomic mass is 16.5. The predicted octanol–water partition coefficient (Wildman–Crippen LogP) is 6.52. The molecule has 0 aliphatic heterocycles. The summed E-state index contributed by atoms with van der Waals surface area (Å²) in [6, 6.07) is 23.6. The van der Waals surface area contributed by atoms with E-state index in [-0.39, 0.29) is 11.4 Å². The van der Waals surface area contributed by atoms with Gasteiger partial charge in [-0.2, -0.15) is 0 Å². The summed E-state index contributed by atoms with van der Waals surface area (Å²) in [5.74, 6) is 8.33. The Bertz CT molecular complexity index is 1060. The lowest BCUT2D eigenvalue weighted by Gasteiger charge is -2.26. The number of aromatic hydroxyl groups is 1. The van der Waals surface area contributed by atoms with Crippen LogP contribution >= 0.6 is 0 Å². The molecule has 0 aromatic heterocycles. The molecule has 0 bridgehead atoms. The summed E-state index contributed by atoms with van der Waals surface area (Å²) in [6.07, 6.45) is 0.808. The lowest BCUT2D eigenvalue weighted by atomic mass is 9.84. The Morgan fingerprint density at radius 1 is 0.750 bits per heavy atom. The Labute approximate surface area is 192 Å². The van der Waals surface area contributed by atoms with Crippen LogP contribution in [0.15, 0.2) is 72.8 Å². The zero-order chi connectivity index (χ0) is 23.2. The van der Waals surface area contributed by atoms with Crippen LogP contribution in [0.4, 0.5) is 0 Å². The van der Waals surface area contributed by atoms with Crippen molar-refractivity contribution in [2.24, 2.45) is 0 Å². The van der Waals surface area contributed by atoms with Crippen molar-refractivity contribution in [1.29, 1.82) is 0 Å². The summed E-state index contributed by atoms with van der Waals surface area (Å²) >= 11 is 0. The van der Waals surface area contributed by atoms with Crippen LogP contribution in [-0.4, -0.2) is 17.3 Å². The quantitative estimate of drug-likeness (QED) is 0.435. The Hall–Kier alpha value is -3.38. The normalized spacial score (nSPS) is 12.9. The zero-order valence-electron chi connectivity index (χ0n) is 19.6. The molecular formula is C29H32O3. The SMILES string of the molecule is CC#CC(C)(COc1ccc(Cc2ccc(O)cc2)cc1)c1ccc(OC(C)(C)C)cc1. The van der Waals surface area contributed by atoms with E-state index in [0.29, 0.717) is 6.61 Å². The molecule has 3 aromatic rings. The molecule has 32 heavy (non-hydrogen) atoms. The molecule has 0 fully saturated rings. The topological polar surface area (TPSA) is 38.7 Å². The van der Waals surface area contributed by atoms with Crippen LogP contribution in [0.25, 0.3) is 0 Å². The molecule has 166 valence electrons. The number of benzene rings is 3. The fourth-order valence-corrected chi connectivity index (χ4v) is 3.49. The Morgan fingerprint density at radius 3 is 1.81 bits per heavy atom. The van der Waals surface area contributed by atoms with Crippen LogP contribution in [-0.2, 0) is 11.8 Å². The van der Waals surface area contributed by atoms with Crippen LogP contribution in [0.5, 0.6) is 17.2 Å². The van der Waals surface area contributed by atoms with E-state index in [9.17, 15) is 5.11 Å². The van der Waals surface area contributed by atoms with Crippen molar-refractivity contribution >= 4 is 0 Å². The third-order valence-electron chi connectivity index (χ3n) is 5.11. The molecule has 0 amide bonds. The summed E-state index contributed by atoms with van der Waals surface area (Å²) in [5, 5.41) is 9.43. The summed E-state index contributed by atoms with van der Waals surface area (Å²) < 4.78 is 12.1. The molecule has 3 heteroatoms. The van der Waals surface area contributed by atoms with Crippen LogP contribution in [0, 0.1) is 11.8 Å². The summed E-state index contributed by atoms with van der Waals surface area (Å²) in [4.78, 5) is 0. The fourth-order valence-electron chi connectivity index (χ4n) is 3.49. The van der Waals surface area contributed by atoms with Crippen LogP contribution in [0.3, 0.4) is 0 Å². The van der Waals surface area contributed by atoms with Gasteiger partial charge < -0.3 is 14.6 Å². The Morgan fingerprint density at radius 2 is 1.28 bits per heavy atom. The number of rotatable bonds is 7. The minimum Gasteiger partial charge on any atom is -0.508 e. The van der Waals surface area contributed by atoms with Gasteiger partial charge in [-0.15, -0.1) is 5.92 Å². The highest BCUT2D eigenvalue weighted by Crippen LogP contribution is 2.28. The molecule has 0 saturated carbocycles. The van der Waals surface area contributed by atoms with Gasteiger partial charge in [-0.25, -0.2) is 0 Å². The van der Waals surface area contributed by atoms with E-state index in [1.165, 1.54) is 5.56 Å². The van der Waals surface area contributed by atoms with Gasteiger partial charge in [-0.05, 0) is 94.1 Å². The van der Waals surface area contributed by atoms with Crippen molar-refractivity contribution in [3.05, 3.63) is 89.5 Å².